The second-order valence-corrected chi connectivity index (χ2v) is 7.16. The first-order valence-corrected chi connectivity index (χ1v) is 10.1. The van der Waals surface area contributed by atoms with E-state index in [0.717, 1.165) is 18.6 Å². The number of fused-ring (bicyclic) bond motifs is 1. The molecule has 1 N–H and O–H groups in total. The lowest BCUT2D eigenvalue weighted by atomic mass is 10.1. The summed E-state index contributed by atoms with van der Waals surface area (Å²) in [6.45, 7) is 2.34. The Labute approximate surface area is 178 Å². The molecule has 0 saturated carbocycles. The van der Waals surface area contributed by atoms with Crippen LogP contribution in [0.15, 0.2) is 52.9 Å². The van der Waals surface area contributed by atoms with Crippen LogP contribution in [0, 0.1) is 10.1 Å². The van der Waals surface area contributed by atoms with Crippen LogP contribution in [-0.2, 0) is 19.4 Å². The largest absolute Gasteiger partial charge is 0.494 e. The maximum Gasteiger partial charge on any atom is 0.296 e. The van der Waals surface area contributed by atoms with Crippen molar-refractivity contribution in [2.75, 3.05) is 11.9 Å². The second kappa shape index (κ2) is 8.91. The lowest BCUT2D eigenvalue weighted by Crippen LogP contribution is -2.12. The quantitative estimate of drug-likeness (QED) is 0.409. The summed E-state index contributed by atoms with van der Waals surface area (Å²) in [5.41, 5.74) is 2.48. The molecule has 8 nitrogen and oxygen atoms in total. The first kappa shape index (κ1) is 20.5. The summed E-state index contributed by atoms with van der Waals surface area (Å²) in [5.74, 6) is 1.04. The predicted molar refractivity (Wildman–Crippen MR) is 114 cm³/mol. The van der Waals surface area contributed by atoms with Gasteiger partial charge in [0.25, 0.3) is 11.6 Å². The number of nitro benzene ring substituents is 1. The number of hydrogen-bond acceptors (Lipinski definition) is 6. The number of nitrogens with zero attached hydrogens (tertiary/aromatic N) is 1. The summed E-state index contributed by atoms with van der Waals surface area (Å²) in [6.07, 6.45) is 3.34. The number of rotatable bonds is 8. The molecule has 0 bridgehead atoms. The fraction of sp³-hybridized carbons (Fsp3) is 0.261. The number of aryl methyl sites for hydroxylation is 2. The highest BCUT2D eigenvalue weighted by molar-refractivity contribution is 6.03. The minimum Gasteiger partial charge on any atom is -0.494 e. The van der Waals surface area contributed by atoms with Gasteiger partial charge < -0.3 is 19.2 Å². The molecule has 1 aromatic heterocycles. The molecule has 3 aromatic rings. The number of nitrogens with one attached hydrogen (secondary N) is 1. The molecule has 0 saturated heterocycles. The number of ether oxygens (including phenoxy) is 2. The van der Waals surface area contributed by atoms with Gasteiger partial charge in [0.15, 0.2) is 5.76 Å². The first-order valence-electron chi connectivity index (χ1n) is 10.1. The van der Waals surface area contributed by atoms with Crippen molar-refractivity contribution < 1.29 is 23.6 Å². The maximum atomic E-state index is 12.5. The van der Waals surface area contributed by atoms with Crippen molar-refractivity contribution in [3.8, 4) is 11.5 Å². The van der Waals surface area contributed by atoms with Crippen LogP contribution in [0.2, 0.25) is 0 Å². The van der Waals surface area contributed by atoms with Gasteiger partial charge in [-0.2, -0.15) is 0 Å². The van der Waals surface area contributed by atoms with Crippen LogP contribution in [0.5, 0.6) is 11.5 Å². The van der Waals surface area contributed by atoms with E-state index in [1.807, 2.05) is 12.1 Å². The summed E-state index contributed by atoms with van der Waals surface area (Å²) >= 11 is 0. The molecular weight excluding hydrogens is 400 g/mol. The highest BCUT2D eigenvalue weighted by Crippen LogP contribution is 2.30. The molecule has 1 aliphatic carbocycles. The number of furan rings is 1. The van der Waals surface area contributed by atoms with E-state index in [9.17, 15) is 14.9 Å². The molecule has 0 aliphatic heterocycles. The van der Waals surface area contributed by atoms with Gasteiger partial charge in [0.1, 0.15) is 29.6 Å². The van der Waals surface area contributed by atoms with E-state index in [1.165, 1.54) is 35.7 Å². The number of carbonyl (C=O) groups excluding carboxylic acids is 1. The number of benzene rings is 2. The van der Waals surface area contributed by atoms with Gasteiger partial charge in [0.05, 0.1) is 17.6 Å². The van der Waals surface area contributed by atoms with Gasteiger partial charge in [-0.3, -0.25) is 14.9 Å². The lowest BCUT2D eigenvalue weighted by molar-refractivity contribution is -0.384. The van der Waals surface area contributed by atoms with Crippen molar-refractivity contribution in [1.82, 2.24) is 0 Å². The van der Waals surface area contributed by atoms with Crippen molar-refractivity contribution in [3.05, 3.63) is 81.3 Å². The van der Waals surface area contributed by atoms with E-state index in [1.54, 1.807) is 19.1 Å². The lowest BCUT2D eigenvalue weighted by Gasteiger charge is -2.08. The third-order valence-electron chi connectivity index (χ3n) is 5.06. The molecule has 1 heterocycles. The topological polar surface area (TPSA) is 104 Å². The van der Waals surface area contributed by atoms with Crippen molar-refractivity contribution >= 4 is 17.3 Å². The molecule has 160 valence electrons. The van der Waals surface area contributed by atoms with E-state index >= 15 is 0 Å². The smallest absolute Gasteiger partial charge is 0.296 e. The average Bonchev–Trinajstić information content (AvgIpc) is 3.42. The van der Waals surface area contributed by atoms with Crippen LogP contribution in [0.25, 0.3) is 0 Å². The molecule has 0 fully saturated rings. The van der Waals surface area contributed by atoms with Crippen molar-refractivity contribution in [2.24, 2.45) is 0 Å². The Morgan fingerprint density at radius 3 is 2.65 bits per heavy atom. The van der Waals surface area contributed by atoms with Crippen molar-refractivity contribution in [3.63, 3.8) is 0 Å². The van der Waals surface area contributed by atoms with Gasteiger partial charge >= 0.3 is 0 Å². The van der Waals surface area contributed by atoms with Gasteiger partial charge in [0, 0.05) is 0 Å². The molecule has 1 aliphatic rings. The standard InChI is InChI=1S/C23H22N2O6/c1-2-29-18-8-10-20(21(13-18)25(27)28)24-23(26)22-11-9-19(31-22)14-30-17-7-6-15-4-3-5-16(15)12-17/h6-13H,2-5,14H2,1H3,(H,24,26). The fourth-order valence-electron chi connectivity index (χ4n) is 3.58. The first-order chi connectivity index (χ1) is 15.0. The molecule has 2 aromatic carbocycles. The SMILES string of the molecule is CCOc1ccc(NC(=O)c2ccc(COc3ccc4c(c3)CCC4)o2)c([N+](=O)[O-])c1. The van der Waals surface area contributed by atoms with Crippen molar-refractivity contribution in [1.29, 1.82) is 0 Å². The minimum absolute atomic E-state index is 0.0377. The molecule has 4 rings (SSSR count). The summed E-state index contributed by atoms with van der Waals surface area (Å²) in [5, 5.41) is 13.9. The fourth-order valence-corrected chi connectivity index (χ4v) is 3.58. The normalized spacial score (nSPS) is 12.3. The molecule has 1 amide bonds. The molecule has 0 radical (unpaired) electrons. The van der Waals surface area contributed by atoms with E-state index in [-0.39, 0.29) is 23.7 Å². The predicted octanol–water partition coefficient (Wildman–Crippen LogP) is 4.91. The van der Waals surface area contributed by atoms with Crippen LogP contribution >= 0.6 is 0 Å². The number of anilines is 1. The van der Waals surface area contributed by atoms with E-state index < -0.39 is 10.8 Å². The maximum absolute atomic E-state index is 12.5. The van der Waals surface area contributed by atoms with Crippen LogP contribution < -0.4 is 14.8 Å². The number of amides is 1. The Bertz CT molecular complexity index is 1120. The second-order valence-electron chi connectivity index (χ2n) is 7.16. The van der Waals surface area contributed by atoms with Crippen molar-refractivity contribution in [2.45, 2.75) is 32.8 Å². The van der Waals surface area contributed by atoms with Gasteiger partial charge in [-0.15, -0.1) is 0 Å². The molecule has 0 unspecified atom stereocenters. The van der Waals surface area contributed by atoms with Crippen LogP contribution in [0.4, 0.5) is 11.4 Å². The highest BCUT2D eigenvalue weighted by atomic mass is 16.6. The Morgan fingerprint density at radius 1 is 1.06 bits per heavy atom. The van der Waals surface area contributed by atoms with Gasteiger partial charge in [-0.1, -0.05) is 6.07 Å². The Kier molecular flexibility index (Phi) is 5.88. The molecule has 0 spiro atoms. The van der Waals surface area contributed by atoms with Crippen LogP contribution in [0.1, 0.15) is 40.8 Å². The molecule has 0 atom stereocenters. The zero-order valence-corrected chi connectivity index (χ0v) is 17.1. The summed E-state index contributed by atoms with van der Waals surface area (Å²) in [7, 11) is 0. The summed E-state index contributed by atoms with van der Waals surface area (Å²) in [6, 6.07) is 13.5. The molecule has 31 heavy (non-hydrogen) atoms. The zero-order valence-electron chi connectivity index (χ0n) is 17.1. The van der Waals surface area contributed by atoms with Gasteiger partial charge in [-0.25, -0.2) is 0 Å². The minimum atomic E-state index is -0.587. The van der Waals surface area contributed by atoms with Crippen LogP contribution in [0.3, 0.4) is 0 Å². The zero-order chi connectivity index (χ0) is 21.8. The number of nitro groups is 1. The number of hydrogen-bond donors (Lipinski definition) is 1. The molecule has 8 heteroatoms. The molecular formula is C23H22N2O6. The average molecular weight is 422 g/mol. The summed E-state index contributed by atoms with van der Waals surface area (Å²) in [4.78, 5) is 23.3. The third-order valence-corrected chi connectivity index (χ3v) is 5.06. The van der Waals surface area contributed by atoms with E-state index in [4.69, 9.17) is 13.9 Å². The Hall–Kier alpha value is -3.81. The van der Waals surface area contributed by atoms with Crippen LogP contribution in [-0.4, -0.2) is 17.4 Å². The Balaban J connectivity index is 1.41. The third kappa shape index (κ3) is 4.69. The van der Waals surface area contributed by atoms with Gasteiger partial charge in [0.2, 0.25) is 0 Å². The number of carbonyl (C=O) groups is 1. The Morgan fingerprint density at radius 2 is 1.84 bits per heavy atom. The van der Waals surface area contributed by atoms with E-state index in [0.29, 0.717) is 18.1 Å². The van der Waals surface area contributed by atoms with Gasteiger partial charge in [-0.05, 0) is 73.7 Å². The summed E-state index contributed by atoms with van der Waals surface area (Å²) < 4.78 is 16.6. The van der Waals surface area contributed by atoms with E-state index in [2.05, 4.69) is 11.4 Å². The monoisotopic (exact) mass is 422 g/mol. The highest BCUT2D eigenvalue weighted by Gasteiger charge is 2.20.